The van der Waals surface area contributed by atoms with E-state index in [0.717, 1.165) is 15.6 Å². The quantitative estimate of drug-likeness (QED) is 0.655. The Hall–Kier alpha value is -2.52. The van der Waals surface area contributed by atoms with Crippen LogP contribution in [0.25, 0.3) is 9.88 Å². The summed E-state index contributed by atoms with van der Waals surface area (Å²) in [5, 5.41) is 9.78. The number of carbonyl (C=O) groups excluding carboxylic acids is 2. The van der Waals surface area contributed by atoms with Gasteiger partial charge in [-0.3, -0.25) is 9.48 Å². The molecule has 3 rings (SSSR count). The molecule has 3 heterocycles. The van der Waals surface area contributed by atoms with Gasteiger partial charge in [0.05, 0.1) is 27.6 Å². The molecule has 0 aliphatic rings. The maximum atomic E-state index is 12.5. The van der Waals surface area contributed by atoms with Crippen LogP contribution in [-0.4, -0.2) is 32.7 Å². The van der Waals surface area contributed by atoms with Crippen LogP contribution in [0, 0.1) is 20.8 Å². The molecule has 0 fully saturated rings. The van der Waals surface area contributed by atoms with Gasteiger partial charge in [-0.15, -0.1) is 22.7 Å². The molecule has 0 radical (unpaired) electrons. The largest absolute Gasteiger partial charge is 0.448 e. The van der Waals surface area contributed by atoms with Crippen molar-refractivity contribution in [2.75, 3.05) is 5.32 Å². The first kappa shape index (κ1) is 19.2. The van der Waals surface area contributed by atoms with Crippen LogP contribution in [0.3, 0.4) is 0 Å². The van der Waals surface area contributed by atoms with Crippen LogP contribution in [0.5, 0.6) is 0 Å². The normalized spacial score (nSPS) is 12.0. The molecular formula is C18H20N4O3S2. The zero-order valence-corrected chi connectivity index (χ0v) is 17.3. The highest BCUT2D eigenvalue weighted by atomic mass is 32.1. The van der Waals surface area contributed by atoms with Crippen molar-refractivity contribution in [3.63, 3.8) is 0 Å². The molecule has 0 bridgehead atoms. The minimum absolute atomic E-state index is 0.400. The Labute approximate surface area is 165 Å². The number of hydrogen-bond donors (Lipinski definition) is 1. The van der Waals surface area contributed by atoms with E-state index in [-0.39, 0.29) is 0 Å². The lowest BCUT2D eigenvalue weighted by Crippen LogP contribution is -2.30. The van der Waals surface area contributed by atoms with E-state index in [9.17, 15) is 9.59 Å². The van der Waals surface area contributed by atoms with Gasteiger partial charge in [0.2, 0.25) is 0 Å². The molecule has 3 aromatic heterocycles. The summed E-state index contributed by atoms with van der Waals surface area (Å²) >= 11 is 2.83. The molecule has 0 aliphatic carbocycles. The first-order chi connectivity index (χ1) is 12.8. The average Bonchev–Trinajstić information content (AvgIpc) is 3.31. The van der Waals surface area contributed by atoms with Crippen molar-refractivity contribution >= 4 is 40.2 Å². The maximum absolute atomic E-state index is 12.5. The van der Waals surface area contributed by atoms with E-state index in [0.29, 0.717) is 22.0 Å². The van der Waals surface area contributed by atoms with Gasteiger partial charge in [0, 0.05) is 7.05 Å². The topological polar surface area (TPSA) is 86.1 Å². The molecule has 9 heteroatoms. The Morgan fingerprint density at radius 3 is 2.59 bits per heavy atom. The van der Waals surface area contributed by atoms with E-state index in [2.05, 4.69) is 15.4 Å². The number of rotatable bonds is 5. The Kier molecular flexibility index (Phi) is 5.43. The highest BCUT2D eigenvalue weighted by molar-refractivity contribution is 7.22. The van der Waals surface area contributed by atoms with E-state index >= 15 is 0 Å². The van der Waals surface area contributed by atoms with Gasteiger partial charge in [0.15, 0.2) is 6.10 Å². The molecule has 1 N–H and O–H groups in total. The van der Waals surface area contributed by atoms with Gasteiger partial charge in [-0.1, -0.05) is 6.07 Å². The van der Waals surface area contributed by atoms with Gasteiger partial charge in [0.25, 0.3) is 5.91 Å². The first-order valence-corrected chi connectivity index (χ1v) is 10.0. The molecule has 142 valence electrons. The Morgan fingerprint density at radius 1 is 1.26 bits per heavy atom. The van der Waals surface area contributed by atoms with Crippen LogP contribution in [0.15, 0.2) is 17.5 Å². The molecule has 0 spiro atoms. The van der Waals surface area contributed by atoms with Gasteiger partial charge in [-0.05, 0) is 39.1 Å². The summed E-state index contributed by atoms with van der Waals surface area (Å²) < 4.78 is 7.05. The van der Waals surface area contributed by atoms with Crippen LogP contribution >= 0.6 is 22.7 Å². The molecule has 0 saturated carbocycles. The van der Waals surface area contributed by atoms with Crippen molar-refractivity contribution < 1.29 is 14.3 Å². The molecule has 7 nitrogen and oxygen atoms in total. The van der Waals surface area contributed by atoms with Gasteiger partial charge in [-0.2, -0.15) is 5.10 Å². The lowest BCUT2D eigenvalue weighted by molar-refractivity contribution is -0.123. The van der Waals surface area contributed by atoms with Gasteiger partial charge < -0.3 is 10.1 Å². The number of thiazole rings is 1. The van der Waals surface area contributed by atoms with Crippen LogP contribution in [0.4, 0.5) is 5.69 Å². The second kappa shape index (κ2) is 7.61. The van der Waals surface area contributed by atoms with E-state index in [1.165, 1.54) is 11.3 Å². The minimum Gasteiger partial charge on any atom is -0.448 e. The zero-order valence-electron chi connectivity index (χ0n) is 15.7. The number of hydrogen-bond acceptors (Lipinski definition) is 7. The van der Waals surface area contributed by atoms with Gasteiger partial charge >= 0.3 is 5.97 Å². The molecule has 1 amide bonds. The highest BCUT2D eigenvalue weighted by Gasteiger charge is 2.24. The summed E-state index contributed by atoms with van der Waals surface area (Å²) in [6, 6.07) is 3.89. The number of amides is 1. The van der Waals surface area contributed by atoms with Gasteiger partial charge in [0.1, 0.15) is 9.88 Å². The van der Waals surface area contributed by atoms with Crippen LogP contribution in [0.2, 0.25) is 0 Å². The Bertz CT molecular complexity index is 989. The predicted molar refractivity (Wildman–Crippen MR) is 106 cm³/mol. The lowest BCUT2D eigenvalue weighted by atomic mass is 10.3. The third-order valence-electron chi connectivity index (χ3n) is 4.12. The van der Waals surface area contributed by atoms with E-state index in [1.807, 2.05) is 31.4 Å². The summed E-state index contributed by atoms with van der Waals surface area (Å²) in [4.78, 5) is 30.8. The monoisotopic (exact) mass is 404 g/mol. The molecule has 0 aliphatic heterocycles. The third kappa shape index (κ3) is 3.93. The van der Waals surface area contributed by atoms with Crippen molar-refractivity contribution in [3.05, 3.63) is 39.5 Å². The Balaban J connectivity index is 1.69. The van der Waals surface area contributed by atoms with Crippen molar-refractivity contribution in [1.82, 2.24) is 14.8 Å². The zero-order chi connectivity index (χ0) is 19.7. The van der Waals surface area contributed by atoms with Crippen LogP contribution in [0.1, 0.15) is 33.7 Å². The number of aryl methyl sites for hydroxylation is 3. The number of thiophene rings is 1. The summed E-state index contributed by atoms with van der Waals surface area (Å²) in [7, 11) is 1.80. The van der Waals surface area contributed by atoms with Crippen LogP contribution in [-0.2, 0) is 16.6 Å². The van der Waals surface area contributed by atoms with E-state index < -0.39 is 18.0 Å². The van der Waals surface area contributed by atoms with Crippen LogP contribution < -0.4 is 5.32 Å². The highest BCUT2D eigenvalue weighted by Crippen LogP contribution is 2.31. The number of ether oxygens (including phenoxy) is 1. The second-order valence-corrected chi connectivity index (χ2v) is 8.06. The van der Waals surface area contributed by atoms with Crippen molar-refractivity contribution in [3.8, 4) is 9.88 Å². The minimum atomic E-state index is -0.941. The van der Waals surface area contributed by atoms with Crippen molar-refractivity contribution in [2.45, 2.75) is 33.8 Å². The first-order valence-electron chi connectivity index (χ1n) is 8.31. The molecule has 0 saturated heterocycles. The molecule has 1 atom stereocenters. The average molecular weight is 405 g/mol. The number of aromatic nitrogens is 3. The molecule has 0 aromatic carbocycles. The van der Waals surface area contributed by atoms with Gasteiger partial charge in [-0.25, -0.2) is 9.78 Å². The van der Waals surface area contributed by atoms with Crippen molar-refractivity contribution in [2.24, 2.45) is 7.05 Å². The number of nitrogens with one attached hydrogen (secondary N) is 1. The number of nitrogens with zero attached hydrogens (tertiary/aromatic N) is 3. The third-order valence-corrected chi connectivity index (χ3v) is 6.30. The summed E-state index contributed by atoms with van der Waals surface area (Å²) in [6.45, 7) is 6.98. The number of esters is 1. The molecule has 1 unspecified atom stereocenters. The van der Waals surface area contributed by atoms with Crippen molar-refractivity contribution in [1.29, 1.82) is 0 Å². The fraction of sp³-hybridized carbons (Fsp3) is 0.333. The SMILES string of the molecule is Cc1nc(-c2cccs2)sc1C(=O)OC(C)C(=O)Nc1c(C)nn(C)c1C. The summed E-state index contributed by atoms with van der Waals surface area (Å²) in [5.41, 5.74) is 2.78. The molecule has 27 heavy (non-hydrogen) atoms. The predicted octanol–water partition coefficient (Wildman–Crippen LogP) is 3.71. The number of anilines is 1. The summed E-state index contributed by atoms with van der Waals surface area (Å²) in [6.07, 6.45) is -0.941. The fourth-order valence-electron chi connectivity index (χ4n) is 2.54. The number of carbonyl (C=O) groups is 2. The molecular weight excluding hydrogens is 384 g/mol. The Morgan fingerprint density at radius 2 is 2.00 bits per heavy atom. The van der Waals surface area contributed by atoms with E-state index in [1.54, 1.807) is 36.9 Å². The maximum Gasteiger partial charge on any atom is 0.351 e. The van der Waals surface area contributed by atoms with E-state index in [4.69, 9.17) is 4.74 Å². The standard InChI is InChI=1S/C18H20N4O3S2/c1-9-14(11(3)22(5)21-9)20-16(23)12(4)25-18(24)15-10(2)19-17(27-15)13-7-6-8-26-13/h6-8,12H,1-5H3,(H,20,23). The molecule has 3 aromatic rings. The second-order valence-electron chi connectivity index (χ2n) is 6.12. The fourth-order valence-corrected chi connectivity index (χ4v) is 4.28. The lowest BCUT2D eigenvalue weighted by Gasteiger charge is -2.13. The summed E-state index contributed by atoms with van der Waals surface area (Å²) in [5.74, 6) is -0.946. The smallest absolute Gasteiger partial charge is 0.351 e.